The Morgan fingerprint density at radius 1 is 1.15 bits per heavy atom. The molecule has 0 amide bonds. The fraction of sp³-hybridized carbons (Fsp3) is 0.0833. The van der Waals surface area contributed by atoms with Crippen LogP contribution >= 0.6 is 50.7 Å². The highest BCUT2D eigenvalue weighted by molar-refractivity contribution is 9.10. The molecule has 0 aliphatic carbocycles. The lowest BCUT2D eigenvalue weighted by Crippen LogP contribution is -1.98. The van der Waals surface area contributed by atoms with Gasteiger partial charge in [0.2, 0.25) is 0 Å². The van der Waals surface area contributed by atoms with Gasteiger partial charge in [-0.15, -0.1) is 5.10 Å². The summed E-state index contributed by atoms with van der Waals surface area (Å²) in [5.74, 6) is 1.12. The molecule has 3 rings (SSSR count). The van der Waals surface area contributed by atoms with Gasteiger partial charge in [-0.25, -0.2) is 9.97 Å². The number of aromatic nitrogens is 4. The summed E-state index contributed by atoms with van der Waals surface area (Å²) in [5.41, 5.74) is 1.28. The molecule has 8 heteroatoms. The SMILES string of the molecule is Cc1nc(Cl)c(Br)c2nc(-c3ccc(Cl)cc3Cl)nn12. The Morgan fingerprint density at radius 2 is 1.90 bits per heavy atom. The molecule has 0 N–H and O–H groups in total. The summed E-state index contributed by atoms with van der Waals surface area (Å²) in [6.07, 6.45) is 0. The summed E-state index contributed by atoms with van der Waals surface area (Å²) < 4.78 is 2.20. The van der Waals surface area contributed by atoms with E-state index >= 15 is 0 Å². The molecule has 0 aliphatic rings. The monoisotopic (exact) mass is 390 g/mol. The largest absolute Gasteiger partial charge is 0.220 e. The Labute approximate surface area is 137 Å². The first-order valence-corrected chi connectivity index (χ1v) is 7.44. The van der Waals surface area contributed by atoms with E-state index in [1.54, 1.807) is 29.6 Å². The van der Waals surface area contributed by atoms with Gasteiger partial charge in [0.1, 0.15) is 11.0 Å². The maximum atomic E-state index is 6.18. The zero-order chi connectivity index (χ0) is 14.4. The topological polar surface area (TPSA) is 43.1 Å². The van der Waals surface area contributed by atoms with Gasteiger partial charge < -0.3 is 0 Å². The Hall–Kier alpha value is -0.880. The molecule has 3 aromatic rings. The van der Waals surface area contributed by atoms with E-state index in [2.05, 4.69) is 31.0 Å². The van der Waals surface area contributed by atoms with Crippen LogP contribution in [0.2, 0.25) is 15.2 Å². The van der Waals surface area contributed by atoms with Crippen molar-refractivity contribution in [1.82, 2.24) is 19.6 Å². The van der Waals surface area contributed by atoms with Crippen LogP contribution in [0.5, 0.6) is 0 Å². The first kappa shape index (κ1) is 14.1. The van der Waals surface area contributed by atoms with E-state index < -0.39 is 0 Å². The van der Waals surface area contributed by atoms with Crippen molar-refractivity contribution in [3.63, 3.8) is 0 Å². The fourth-order valence-electron chi connectivity index (χ4n) is 1.80. The van der Waals surface area contributed by atoms with Crippen LogP contribution in [0.25, 0.3) is 17.0 Å². The highest BCUT2D eigenvalue weighted by Gasteiger charge is 2.16. The molecule has 2 heterocycles. The maximum Gasteiger partial charge on any atom is 0.183 e. The first-order valence-electron chi connectivity index (χ1n) is 5.51. The molecule has 0 unspecified atom stereocenters. The van der Waals surface area contributed by atoms with Crippen LogP contribution < -0.4 is 0 Å². The molecule has 0 aliphatic heterocycles. The number of fused-ring (bicyclic) bond motifs is 1. The van der Waals surface area contributed by atoms with Gasteiger partial charge in [-0.05, 0) is 41.1 Å². The number of rotatable bonds is 1. The van der Waals surface area contributed by atoms with Crippen LogP contribution in [-0.4, -0.2) is 19.6 Å². The van der Waals surface area contributed by atoms with Crippen LogP contribution in [-0.2, 0) is 0 Å². The van der Waals surface area contributed by atoms with E-state index in [1.165, 1.54) is 0 Å². The minimum atomic E-state index is 0.344. The van der Waals surface area contributed by atoms with Gasteiger partial charge in [-0.1, -0.05) is 34.8 Å². The minimum absolute atomic E-state index is 0.344. The average molecular weight is 392 g/mol. The van der Waals surface area contributed by atoms with Crippen molar-refractivity contribution in [3.05, 3.63) is 43.7 Å². The smallest absolute Gasteiger partial charge is 0.183 e. The molecule has 0 saturated carbocycles. The number of aryl methyl sites for hydroxylation is 1. The molecule has 0 fully saturated rings. The van der Waals surface area contributed by atoms with E-state index in [-0.39, 0.29) is 0 Å². The molecule has 0 saturated heterocycles. The summed E-state index contributed by atoms with van der Waals surface area (Å²) >= 11 is 21.4. The molecule has 0 radical (unpaired) electrons. The van der Waals surface area contributed by atoms with E-state index in [4.69, 9.17) is 34.8 Å². The molecule has 0 spiro atoms. The van der Waals surface area contributed by atoms with Crippen molar-refractivity contribution in [2.45, 2.75) is 6.92 Å². The maximum absolute atomic E-state index is 6.18. The lowest BCUT2D eigenvalue weighted by molar-refractivity contribution is 0.863. The molecule has 20 heavy (non-hydrogen) atoms. The number of benzene rings is 1. The summed E-state index contributed by atoms with van der Waals surface area (Å²) in [7, 11) is 0. The van der Waals surface area contributed by atoms with Crippen LogP contribution in [0, 0.1) is 6.92 Å². The summed E-state index contributed by atoms with van der Waals surface area (Å²) in [6, 6.07) is 5.16. The van der Waals surface area contributed by atoms with Crippen molar-refractivity contribution in [1.29, 1.82) is 0 Å². The Morgan fingerprint density at radius 3 is 2.60 bits per heavy atom. The van der Waals surface area contributed by atoms with E-state index in [9.17, 15) is 0 Å². The van der Waals surface area contributed by atoms with Crippen molar-refractivity contribution in [2.24, 2.45) is 0 Å². The van der Waals surface area contributed by atoms with Crippen LogP contribution in [0.1, 0.15) is 5.82 Å². The van der Waals surface area contributed by atoms with Gasteiger partial charge in [0.05, 0.1) is 9.50 Å². The van der Waals surface area contributed by atoms with Crippen molar-refractivity contribution in [2.75, 3.05) is 0 Å². The van der Waals surface area contributed by atoms with Gasteiger partial charge in [0.25, 0.3) is 0 Å². The van der Waals surface area contributed by atoms with Gasteiger partial charge in [0.15, 0.2) is 11.5 Å². The van der Waals surface area contributed by atoms with Crippen molar-refractivity contribution in [3.8, 4) is 11.4 Å². The zero-order valence-electron chi connectivity index (χ0n) is 10.0. The normalized spacial score (nSPS) is 11.2. The zero-order valence-corrected chi connectivity index (χ0v) is 13.9. The quantitative estimate of drug-likeness (QED) is 0.558. The Balaban J connectivity index is 2.28. The van der Waals surface area contributed by atoms with Crippen molar-refractivity contribution < 1.29 is 0 Å². The number of halogens is 4. The first-order chi connectivity index (χ1) is 9.47. The lowest BCUT2D eigenvalue weighted by atomic mass is 10.2. The second kappa shape index (κ2) is 5.15. The molecular weight excluding hydrogens is 386 g/mol. The standard InChI is InChI=1S/C12H6BrCl3N4/c1-5-17-10(16)9(13)12-18-11(19-20(5)12)7-3-2-6(14)4-8(7)15/h2-4H,1H3. The third kappa shape index (κ3) is 2.29. The van der Waals surface area contributed by atoms with Gasteiger partial charge >= 0.3 is 0 Å². The lowest BCUT2D eigenvalue weighted by Gasteiger charge is -2.00. The third-order valence-corrected chi connectivity index (χ3v) is 4.50. The van der Waals surface area contributed by atoms with Crippen LogP contribution in [0.4, 0.5) is 0 Å². The van der Waals surface area contributed by atoms with Crippen molar-refractivity contribution >= 4 is 56.4 Å². The second-order valence-corrected chi connectivity index (χ2v) is 6.05. The Kier molecular flexibility index (Phi) is 3.62. The molecule has 0 atom stereocenters. The number of hydrogen-bond donors (Lipinski definition) is 0. The van der Waals surface area contributed by atoms with E-state index in [0.717, 1.165) is 0 Å². The predicted octanol–water partition coefficient (Wildman–Crippen LogP) is 4.82. The Bertz CT molecular complexity index is 831. The minimum Gasteiger partial charge on any atom is -0.220 e. The van der Waals surface area contributed by atoms with Gasteiger partial charge in [0, 0.05) is 10.6 Å². The molecule has 4 nitrogen and oxygen atoms in total. The van der Waals surface area contributed by atoms with Crippen LogP contribution in [0.15, 0.2) is 22.7 Å². The number of nitrogens with zero attached hydrogens (tertiary/aromatic N) is 4. The highest BCUT2D eigenvalue weighted by Crippen LogP contribution is 2.31. The average Bonchev–Trinajstić information content (AvgIpc) is 2.81. The second-order valence-electron chi connectivity index (χ2n) is 4.06. The fourth-order valence-corrected chi connectivity index (χ4v) is 2.84. The molecular formula is C12H6BrCl3N4. The molecule has 2 aromatic heterocycles. The van der Waals surface area contributed by atoms with Crippen LogP contribution in [0.3, 0.4) is 0 Å². The molecule has 102 valence electrons. The number of hydrogen-bond acceptors (Lipinski definition) is 3. The van der Waals surface area contributed by atoms with E-state index in [1.807, 2.05) is 0 Å². The summed E-state index contributed by atoms with van der Waals surface area (Å²) in [6.45, 7) is 1.80. The molecule has 0 bridgehead atoms. The van der Waals surface area contributed by atoms with Gasteiger partial charge in [-0.2, -0.15) is 4.52 Å². The highest BCUT2D eigenvalue weighted by atomic mass is 79.9. The third-order valence-electron chi connectivity index (χ3n) is 2.72. The molecule has 1 aromatic carbocycles. The summed E-state index contributed by atoms with van der Waals surface area (Å²) in [4.78, 5) is 8.62. The summed E-state index contributed by atoms with van der Waals surface area (Å²) in [5, 5.41) is 5.79. The predicted molar refractivity (Wildman–Crippen MR) is 83.7 cm³/mol. The van der Waals surface area contributed by atoms with Gasteiger partial charge in [-0.3, -0.25) is 0 Å². The van der Waals surface area contributed by atoms with E-state index in [0.29, 0.717) is 42.5 Å².